The van der Waals surface area contributed by atoms with Crippen molar-refractivity contribution in [3.05, 3.63) is 33.5 Å². The molecule has 0 N–H and O–H groups in total. The van der Waals surface area contributed by atoms with Crippen molar-refractivity contribution in [1.82, 2.24) is 0 Å². The topological polar surface area (TPSA) is 0 Å². The highest BCUT2D eigenvalue weighted by atomic mass is 127. The van der Waals surface area contributed by atoms with Crippen LogP contribution in [0.2, 0.25) is 0 Å². The van der Waals surface area contributed by atoms with Crippen LogP contribution in [0.4, 0.5) is 0 Å². The molecule has 0 fully saturated rings. The van der Waals surface area contributed by atoms with E-state index >= 15 is 0 Å². The first-order chi connectivity index (χ1) is 6.18. The second-order valence-corrected chi connectivity index (χ2v) is 5.06. The van der Waals surface area contributed by atoms with Crippen LogP contribution in [-0.4, -0.2) is 0 Å². The summed E-state index contributed by atoms with van der Waals surface area (Å²) in [6, 6.07) is 0. The highest BCUT2D eigenvalue weighted by Crippen LogP contribution is 2.22. The number of allylic oxidation sites excluding steroid dienone is 6. The molecule has 13 heavy (non-hydrogen) atoms. The molecule has 0 aromatic rings. The molecule has 0 aliphatic heterocycles. The van der Waals surface area contributed by atoms with Gasteiger partial charge in [0.2, 0.25) is 0 Å². The molecule has 1 heteroatoms. The lowest BCUT2D eigenvalue weighted by atomic mass is 10.0. The molecule has 1 aliphatic rings. The van der Waals surface area contributed by atoms with E-state index in [1.165, 1.54) is 16.4 Å². The van der Waals surface area contributed by atoms with Gasteiger partial charge in [0.15, 0.2) is 0 Å². The summed E-state index contributed by atoms with van der Waals surface area (Å²) in [5.74, 6) is 0.655. The van der Waals surface area contributed by atoms with Gasteiger partial charge < -0.3 is 0 Å². The first-order valence-electron chi connectivity index (χ1n) is 4.90. The zero-order chi connectivity index (χ0) is 9.68. The number of hydrogen-bond acceptors (Lipinski definition) is 0. The van der Waals surface area contributed by atoms with Gasteiger partial charge in [0.05, 0.1) is 0 Å². The van der Waals surface area contributed by atoms with Crippen LogP contribution >= 0.6 is 22.6 Å². The van der Waals surface area contributed by atoms with E-state index in [1.54, 1.807) is 5.57 Å². The predicted octanol–water partition coefficient (Wildman–Crippen LogP) is 4.63. The van der Waals surface area contributed by atoms with Gasteiger partial charge in [-0.3, -0.25) is 0 Å². The van der Waals surface area contributed by atoms with Crippen LogP contribution in [-0.2, 0) is 0 Å². The van der Waals surface area contributed by atoms with Gasteiger partial charge in [0.1, 0.15) is 0 Å². The smallest absolute Gasteiger partial charge is 0.00922 e. The second-order valence-electron chi connectivity index (χ2n) is 3.81. The molecule has 0 aromatic heterocycles. The van der Waals surface area contributed by atoms with Crippen LogP contribution < -0.4 is 0 Å². The molecule has 1 aliphatic carbocycles. The maximum Gasteiger partial charge on any atom is 0.00922 e. The zero-order valence-electron chi connectivity index (χ0n) is 8.39. The van der Waals surface area contributed by atoms with Gasteiger partial charge >= 0.3 is 0 Å². The molecule has 0 bridgehead atoms. The lowest BCUT2D eigenvalue weighted by molar-refractivity contribution is 0.830. The average Bonchev–Trinajstić information content (AvgIpc) is 2.04. The lowest BCUT2D eigenvalue weighted by Crippen LogP contribution is -1.88. The summed E-state index contributed by atoms with van der Waals surface area (Å²) in [6.45, 7) is 4.44. The maximum atomic E-state index is 2.42. The van der Waals surface area contributed by atoms with Crippen molar-refractivity contribution in [3.8, 4) is 0 Å². The Hall–Kier alpha value is -0.0500. The van der Waals surface area contributed by atoms with Crippen molar-refractivity contribution in [2.75, 3.05) is 0 Å². The largest absolute Gasteiger partial charge is 0.0879 e. The van der Waals surface area contributed by atoms with E-state index in [0.29, 0.717) is 5.92 Å². The third-order valence-corrected chi connectivity index (χ3v) is 2.68. The van der Waals surface area contributed by atoms with Gasteiger partial charge in [-0.2, -0.15) is 0 Å². The van der Waals surface area contributed by atoms with E-state index in [4.69, 9.17) is 0 Å². The standard InChI is InChI=1S/C12H17I/c1-10(2)8-12(13)9-11-6-4-3-5-7-11/h3-4,8-10H,5-7H2,1-2H3/b11-9+,12-8+. The van der Waals surface area contributed by atoms with E-state index in [1.807, 2.05) is 0 Å². The average molecular weight is 288 g/mol. The Morgan fingerprint density at radius 3 is 2.77 bits per heavy atom. The van der Waals surface area contributed by atoms with Crippen LogP contribution in [0.1, 0.15) is 33.1 Å². The highest BCUT2D eigenvalue weighted by molar-refractivity contribution is 14.1. The van der Waals surface area contributed by atoms with Crippen molar-refractivity contribution in [3.63, 3.8) is 0 Å². The van der Waals surface area contributed by atoms with E-state index < -0.39 is 0 Å². The first kappa shape index (κ1) is 11.0. The van der Waals surface area contributed by atoms with Gasteiger partial charge in [-0.15, -0.1) is 0 Å². The fourth-order valence-corrected chi connectivity index (χ4v) is 2.58. The van der Waals surface area contributed by atoms with Gasteiger partial charge in [-0.25, -0.2) is 0 Å². The third-order valence-electron chi connectivity index (χ3n) is 2.01. The van der Waals surface area contributed by atoms with Crippen molar-refractivity contribution in [2.24, 2.45) is 5.92 Å². The Kier molecular flexibility index (Phi) is 4.78. The van der Waals surface area contributed by atoms with E-state index in [9.17, 15) is 0 Å². The lowest BCUT2D eigenvalue weighted by Gasteiger charge is -2.07. The van der Waals surface area contributed by atoms with Crippen molar-refractivity contribution >= 4 is 22.6 Å². The fraction of sp³-hybridized carbons (Fsp3) is 0.500. The molecular weight excluding hydrogens is 271 g/mol. The first-order valence-corrected chi connectivity index (χ1v) is 5.98. The van der Waals surface area contributed by atoms with Crippen molar-refractivity contribution in [2.45, 2.75) is 33.1 Å². The number of hydrogen-bond donors (Lipinski definition) is 0. The molecule has 0 nitrogen and oxygen atoms in total. The van der Waals surface area contributed by atoms with E-state index in [2.05, 4.69) is 60.7 Å². The molecule has 0 atom stereocenters. The van der Waals surface area contributed by atoms with Gasteiger partial charge in [0.25, 0.3) is 0 Å². The summed E-state index contributed by atoms with van der Waals surface area (Å²) in [6.07, 6.45) is 12.8. The van der Waals surface area contributed by atoms with Crippen LogP contribution in [0.25, 0.3) is 0 Å². The quantitative estimate of drug-likeness (QED) is 0.513. The Labute approximate surface area is 94.9 Å². The maximum absolute atomic E-state index is 2.42. The molecule has 0 spiro atoms. The molecule has 1 rings (SSSR count). The molecule has 0 aromatic carbocycles. The van der Waals surface area contributed by atoms with E-state index in [0.717, 1.165) is 6.42 Å². The predicted molar refractivity (Wildman–Crippen MR) is 68.0 cm³/mol. The van der Waals surface area contributed by atoms with Crippen LogP contribution in [0, 0.1) is 5.92 Å². The highest BCUT2D eigenvalue weighted by Gasteiger charge is 2.00. The summed E-state index contributed by atoms with van der Waals surface area (Å²) in [7, 11) is 0. The van der Waals surface area contributed by atoms with Crippen LogP contribution in [0.15, 0.2) is 33.5 Å². The Morgan fingerprint density at radius 1 is 1.46 bits per heavy atom. The molecule has 0 heterocycles. The molecule has 0 amide bonds. The fourth-order valence-electron chi connectivity index (χ4n) is 1.42. The Bertz CT molecular complexity index is 244. The van der Waals surface area contributed by atoms with Crippen molar-refractivity contribution < 1.29 is 0 Å². The number of rotatable bonds is 2. The monoisotopic (exact) mass is 288 g/mol. The minimum Gasteiger partial charge on any atom is -0.0879 e. The van der Waals surface area contributed by atoms with Crippen LogP contribution in [0.5, 0.6) is 0 Å². The summed E-state index contributed by atoms with van der Waals surface area (Å²) in [4.78, 5) is 0. The molecule has 0 radical (unpaired) electrons. The third kappa shape index (κ3) is 4.65. The van der Waals surface area contributed by atoms with Gasteiger partial charge in [-0.1, -0.05) is 37.6 Å². The van der Waals surface area contributed by atoms with Gasteiger partial charge in [0, 0.05) is 3.58 Å². The molecule has 0 saturated heterocycles. The molecule has 0 unspecified atom stereocenters. The summed E-state index contributed by atoms with van der Waals surface area (Å²) >= 11 is 2.42. The Balaban J connectivity index is 2.59. The Morgan fingerprint density at radius 2 is 2.23 bits per heavy atom. The summed E-state index contributed by atoms with van der Waals surface area (Å²) in [5, 5.41) is 0. The van der Waals surface area contributed by atoms with Crippen LogP contribution in [0.3, 0.4) is 0 Å². The van der Waals surface area contributed by atoms with Crippen molar-refractivity contribution in [1.29, 1.82) is 0 Å². The summed E-state index contributed by atoms with van der Waals surface area (Å²) in [5.41, 5.74) is 1.57. The minimum absolute atomic E-state index is 0.655. The second kappa shape index (κ2) is 5.63. The SMILES string of the molecule is CC(C)/C=C(I)\C=C1/CC=CCC1. The van der Waals surface area contributed by atoms with E-state index in [-0.39, 0.29) is 0 Å². The summed E-state index contributed by atoms with van der Waals surface area (Å²) < 4.78 is 1.39. The zero-order valence-corrected chi connectivity index (χ0v) is 10.5. The minimum atomic E-state index is 0.655. The number of halogens is 1. The molecule has 0 saturated carbocycles. The van der Waals surface area contributed by atoms with Gasteiger partial charge in [-0.05, 0) is 53.8 Å². The normalized spacial score (nSPS) is 21.5. The molecule has 72 valence electrons. The molecular formula is C12H17I.